The highest BCUT2D eigenvalue weighted by molar-refractivity contribution is 7.13. The lowest BCUT2D eigenvalue weighted by atomic mass is 9.85. The summed E-state index contributed by atoms with van der Waals surface area (Å²) in [6.07, 6.45) is -0.524. The monoisotopic (exact) mass is 1090 g/mol. The number of β-amino-alcohol motifs (C(OH)–C–C–N with tert-alkyl or cyclic N) is 1. The van der Waals surface area contributed by atoms with Crippen LogP contribution in [0, 0.1) is 25.1 Å². The molecular weight excluding hydrogens is 1010 g/mol. The van der Waals surface area contributed by atoms with Crippen LogP contribution in [0.15, 0.2) is 41.9 Å². The SMILES string of the molecule is CC(=O)N1CC[C@H]2CC[C@@H](C(=O)N[C@@H](CCC(N)=O)COc3cc(C)cc(CCCC(=O)N[C@H](C(=O)N4C[C@H](O)C[C@H]4C(=O)NCc4ccc(-c5scnc5C)cc4)C(C)(C)C)c3F)N2C(=O)[C@@H](NC(=O)OC(C)(C)C)C1. The highest BCUT2D eigenvalue weighted by Crippen LogP contribution is 2.32. The normalized spacial score (nSPS) is 20.5. The van der Waals surface area contributed by atoms with Gasteiger partial charge in [0.05, 0.1) is 34.8 Å². The molecule has 3 saturated heterocycles. The van der Waals surface area contributed by atoms with Gasteiger partial charge in [0.15, 0.2) is 11.6 Å². The number of likely N-dealkylation sites (tertiary alicyclic amines) is 1. The number of alkyl carbamates (subject to hydrolysis) is 1. The van der Waals surface area contributed by atoms with E-state index in [0.717, 1.165) is 21.7 Å². The first kappa shape index (κ1) is 59.6. The summed E-state index contributed by atoms with van der Waals surface area (Å²) in [4.78, 5) is 117. The molecular formula is C55H76FN9O11S. The average molecular weight is 1090 g/mol. The Bertz CT molecular complexity index is 2650. The molecule has 3 aliphatic heterocycles. The summed E-state index contributed by atoms with van der Waals surface area (Å²) in [5.74, 6) is -4.23. The molecule has 6 rings (SSSR count). The van der Waals surface area contributed by atoms with Gasteiger partial charge in [-0.25, -0.2) is 14.2 Å². The Morgan fingerprint density at radius 1 is 0.935 bits per heavy atom. The number of hydrogen-bond acceptors (Lipinski definition) is 13. The van der Waals surface area contributed by atoms with Crippen molar-refractivity contribution in [2.75, 3.05) is 26.2 Å². The summed E-state index contributed by atoms with van der Waals surface area (Å²) >= 11 is 1.55. The third-order valence-electron chi connectivity index (χ3n) is 14.0. The molecule has 77 heavy (non-hydrogen) atoms. The number of aromatic nitrogens is 1. The molecule has 22 heteroatoms. The van der Waals surface area contributed by atoms with E-state index in [0.29, 0.717) is 18.4 Å². The lowest BCUT2D eigenvalue weighted by Gasteiger charge is -2.38. The number of primary amides is 1. The predicted octanol–water partition coefficient (Wildman–Crippen LogP) is 4.33. The van der Waals surface area contributed by atoms with E-state index in [1.807, 2.05) is 31.2 Å². The van der Waals surface area contributed by atoms with Crippen LogP contribution < -0.4 is 31.7 Å². The molecule has 7 N–H and O–H groups in total. The first-order chi connectivity index (χ1) is 36.2. The third-order valence-corrected chi connectivity index (χ3v) is 15.0. The number of carbonyl (C=O) groups is 8. The number of nitrogens with zero attached hydrogens (tertiary/aromatic N) is 4. The summed E-state index contributed by atoms with van der Waals surface area (Å²) in [5, 5.41) is 21.9. The molecule has 1 aromatic heterocycles. The highest BCUT2D eigenvalue weighted by Gasteiger charge is 2.47. The smallest absolute Gasteiger partial charge is 0.408 e. The number of nitrogens with one attached hydrogen (secondary N) is 4. The Morgan fingerprint density at radius 3 is 2.29 bits per heavy atom. The van der Waals surface area contributed by atoms with Crippen LogP contribution in [-0.2, 0) is 51.3 Å². The molecule has 0 unspecified atom stereocenters. The molecule has 0 saturated carbocycles. The second-order valence-electron chi connectivity index (χ2n) is 22.5. The van der Waals surface area contributed by atoms with Gasteiger partial charge in [0, 0.05) is 51.9 Å². The standard InChI is InChI=1S/C55H76FN9O11S/c1-31-23-36(11-10-12-45(69)62-48(54(4,5)6)52(73)64-27-39(67)25-42(64)49(70)58-26-34-13-15-35(16-14-34)47-32(2)59-30-77-47)46(56)43(24-31)75-29-37(17-20-44(57)68)60-50(71)41-19-18-38-21-22-63(33(3)66)28-40(51(72)65(38)41)61-53(74)76-55(7,8)9/h13-16,23-24,30,37-42,48,67H,10-12,17-22,25-29H2,1-9H3,(H2,57,68)(H,58,70)(H,60,71)(H,61,74)(H,62,69)/t37-,38+,39+,40-,41-,42-,48+/m0/s1. The van der Waals surface area contributed by atoms with Crippen LogP contribution in [-0.4, -0.2) is 146 Å². The molecule has 7 atom stereocenters. The molecule has 8 amide bonds. The molecule has 2 aromatic carbocycles. The van der Waals surface area contributed by atoms with Gasteiger partial charge in [0.2, 0.25) is 41.4 Å². The lowest BCUT2D eigenvalue weighted by Crippen LogP contribution is -2.61. The van der Waals surface area contributed by atoms with Crippen molar-refractivity contribution in [3.8, 4) is 16.2 Å². The minimum Gasteiger partial charge on any atom is -0.488 e. The van der Waals surface area contributed by atoms with E-state index in [4.69, 9.17) is 15.2 Å². The largest absolute Gasteiger partial charge is 0.488 e. The maximum atomic E-state index is 16.3. The minimum atomic E-state index is -1.21. The second kappa shape index (κ2) is 25.6. The lowest BCUT2D eigenvalue weighted by molar-refractivity contribution is -0.145. The maximum Gasteiger partial charge on any atom is 0.408 e. The van der Waals surface area contributed by atoms with Crippen molar-refractivity contribution in [1.29, 1.82) is 0 Å². The number of carbonyl (C=O) groups excluding carboxylic acids is 8. The summed E-state index contributed by atoms with van der Waals surface area (Å²) in [5.41, 5.74) is 9.33. The fourth-order valence-electron chi connectivity index (χ4n) is 10.0. The van der Waals surface area contributed by atoms with Crippen molar-refractivity contribution >= 4 is 58.8 Å². The van der Waals surface area contributed by atoms with Gasteiger partial charge in [0.25, 0.3) is 0 Å². The fourth-order valence-corrected chi connectivity index (χ4v) is 10.8. The van der Waals surface area contributed by atoms with Gasteiger partial charge >= 0.3 is 6.09 Å². The highest BCUT2D eigenvalue weighted by atomic mass is 32.1. The van der Waals surface area contributed by atoms with Crippen LogP contribution in [0.2, 0.25) is 0 Å². The number of thiazole rings is 1. The summed E-state index contributed by atoms with van der Waals surface area (Å²) in [7, 11) is 0. The van der Waals surface area contributed by atoms with Crippen LogP contribution in [0.1, 0.15) is 122 Å². The predicted molar refractivity (Wildman–Crippen MR) is 285 cm³/mol. The molecule has 0 spiro atoms. The van der Waals surface area contributed by atoms with Gasteiger partial charge in [-0.2, -0.15) is 0 Å². The van der Waals surface area contributed by atoms with E-state index in [1.54, 1.807) is 71.4 Å². The number of halogens is 1. The Balaban J connectivity index is 1.05. The van der Waals surface area contributed by atoms with Gasteiger partial charge in [-0.05, 0) is 107 Å². The Labute approximate surface area is 453 Å². The van der Waals surface area contributed by atoms with E-state index < -0.39 is 101 Å². The molecule has 420 valence electrons. The molecule has 3 aromatic rings. The summed E-state index contributed by atoms with van der Waals surface area (Å²) in [6.45, 7) is 15.5. The Morgan fingerprint density at radius 2 is 1.65 bits per heavy atom. The number of fused-ring (bicyclic) bond motifs is 1. The van der Waals surface area contributed by atoms with Crippen LogP contribution in [0.3, 0.4) is 0 Å². The molecule has 0 aliphatic carbocycles. The number of aliphatic hydroxyl groups excluding tert-OH is 1. The number of nitrogens with two attached hydrogens (primary N) is 1. The van der Waals surface area contributed by atoms with Gasteiger partial charge in [-0.3, -0.25) is 33.6 Å². The first-order valence-electron chi connectivity index (χ1n) is 26.3. The van der Waals surface area contributed by atoms with Crippen LogP contribution >= 0.6 is 11.3 Å². The number of amides is 8. The second-order valence-corrected chi connectivity index (χ2v) is 23.4. The molecule has 3 aliphatic rings. The van der Waals surface area contributed by atoms with Crippen molar-refractivity contribution < 1.29 is 57.3 Å². The number of aryl methyl sites for hydroxylation is 3. The summed E-state index contributed by atoms with van der Waals surface area (Å²) in [6, 6.07) is 5.40. The van der Waals surface area contributed by atoms with E-state index in [2.05, 4.69) is 26.3 Å². The van der Waals surface area contributed by atoms with Crippen LogP contribution in [0.5, 0.6) is 5.75 Å². The first-order valence-corrected chi connectivity index (χ1v) is 27.2. The van der Waals surface area contributed by atoms with Gasteiger partial charge in [-0.15, -0.1) is 11.3 Å². The van der Waals surface area contributed by atoms with Crippen molar-refractivity contribution in [2.45, 2.75) is 175 Å². The maximum absolute atomic E-state index is 16.3. The van der Waals surface area contributed by atoms with E-state index in [1.165, 1.54) is 27.7 Å². The van der Waals surface area contributed by atoms with E-state index in [9.17, 15) is 43.5 Å². The molecule has 3 fully saturated rings. The number of hydrogen-bond donors (Lipinski definition) is 6. The van der Waals surface area contributed by atoms with E-state index >= 15 is 4.39 Å². The quantitative estimate of drug-likeness (QED) is 0.0980. The average Bonchev–Trinajstić information content (AvgIpc) is 4.11. The molecule has 0 bridgehead atoms. The van der Waals surface area contributed by atoms with Crippen molar-refractivity contribution in [1.82, 2.24) is 41.0 Å². The topological polar surface area (TPSA) is 272 Å². The zero-order valence-electron chi connectivity index (χ0n) is 45.7. The zero-order valence-corrected chi connectivity index (χ0v) is 46.5. The molecule has 4 heterocycles. The van der Waals surface area contributed by atoms with Crippen LogP contribution in [0.25, 0.3) is 10.4 Å². The van der Waals surface area contributed by atoms with Gasteiger partial charge < -0.3 is 56.3 Å². The number of rotatable bonds is 19. The number of aliphatic hydroxyl groups is 1. The Hall–Kier alpha value is -6.68. The van der Waals surface area contributed by atoms with Crippen molar-refractivity contribution in [2.24, 2.45) is 11.1 Å². The van der Waals surface area contributed by atoms with Gasteiger partial charge in [-0.1, -0.05) is 51.1 Å². The van der Waals surface area contributed by atoms with E-state index in [-0.39, 0.29) is 95.0 Å². The third kappa shape index (κ3) is 16.2. The number of benzene rings is 2. The van der Waals surface area contributed by atoms with Crippen molar-refractivity contribution in [3.63, 3.8) is 0 Å². The van der Waals surface area contributed by atoms with Crippen molar-refractivity contribution in [3.05, 3.63) is 70.1 Å². The number of ether oxygens (including phenoxy) is 2. The summed E-state index contributed by atoms with van der Waals surface area (Å²) < 4.78 is 27.7. The molecule has 20 nitrogen and oxygen atoms in total. The molecule has 0 radical (unpaired) electrons. The minimum absolute atomic E-state index is 0.0330. The van der Waals surface area contributed by atoms with Gasteiger partial charge in [0.1, 0.15) is 36.4 Å². The van der Waals surface area contributed by atoms with Crippen LogP contribution in [0.4, 0.5) is 9.18 Å². The fraction of sp³-hybridized carbons (Fsp3) is 0.582. The Kier molecular flexibility index (Phi) is 19.8. The zero-order chi connectivity index (χ0) is 56.5.